The van der Waals surface area contributed by atoms with Crippen molar-refractivity contribution in [3.05, 3.63) is 60.7 Å². The molecule has 2 amide bonds. The van der Waals surface area contributed by atoms with Crippen molar-refractivity contribution in [1.29, 1.82) is 0 Å². The SMILES string of the molecule is CN1CCN(c2ccc3nc(-c4ccc5nc(-c6ccc(OCCCCC(=O)NCCOCCOCCNC(=O)C(C)(C)C)cc6)[nH]c5c4)[nH]c3c2)CC1. The second-order valence-corrected chi connectivity index (χ2v) is 14.8. The lowest BCUT2D eigenvalue weighted by Crippen LogP contribution is -2.44. The number of fused-ring (bicyclic) bond motifs is 2. The monoisotopic (exact) mass is 738 g/mol. The first-order chi connectivity index (χ1) is 26.1. The zero-order valence-electron chi connectivity index (χ0n) is 32.0. The Morgan fingerprint density at radius 1 is 0.722 bits per heavy atom. The molecule has 1 saturated heterocycles. The highest BCUT2D eigenvalue weighted by atomic mass is 16.5. The molecule has 288 valence electrons. The molecule has 6 rings (SSSR count). The average molecular weight is 739 g/mol. The van der Waals surface area contributed by atoms with E-state index < -0.39 is 5.41 Å². The fourth-order valence-corrected chi connectivity index (χ4v) is 6.15. The number of imidazole rings is 2. The van der Waals surface area contributed by atoms with E-state index in [1.165, 1.54) is 5.69 Å². The van der Waals surface area contributed by atoms with Crippen molar-refractivity contribution in [3.63, 3.8) is 0 Å². The van der Waals surface area contributed by atoms with E-state index in [4.69, 9.17) is 24.2 Å². The highest BCUT2D eigenvalue weighted by Crippen LogP contribution is 2.29. The van der Waals surface area contributed by atoms with Crippen LogP contribution in [0.15, 0.2) is 60.7 Å². The summed E-state index contributed by atoms with van der Waals surface area (Å²) >= 11 is 0. The molecule has 13 nitrogen and oxygen atoms in total. The lowest BCUT2D eigenvalue weighted by atomic mass is 9.96. The van der Waals surface area contributed by atoms with E-state index in [0.29, 0.717) is 52.5 Å². The molecule has 0 aliphatic carbocycles. The van der Waals surface area contributed by atoms with Crippen LogP contribution in [0.25, 0.3) is 44.8 Å². The lowest BCUT2D eigenvalue weighted by Gasteiger charge is -2.34. The number of carbonyl (C=O) groups excluding carboxylic acids is 2. The van der Waals surface area contributed by atoms with E-state index in [-0.39, 0.29) is 11.8 Å². The van der Waals surface area contributed by atoms with E-state index in [1.807, 2.05) is 51.1 Å². The summed E-state index contributed by atoms with van der Waals surface area (Å²) in [4.78, 5) is 45.5. The highest BCUT2D eigenvalue weighted by molar-refractivity contribution is 5.87. The summed E-state index contributed by atoms with van der Waals surface area (Å²) in [6.45, 7) is 13.0. The Labute approximate surface area is 317 Å². The summed E-state index contributed by atoms with van der Waals surface area (Å²) in [5.41, 5.74) is 6.61. The number of likely N-dealkylation sites (N-methyl/N-ethyl adjacent to an activating group) is 1. The largest absolute Gasteiger partial charge is 0.494 e. The van der Waals surface area contributed by atoms with Crippen molar-refractivity contribution in [3.8, 4) is 28.5 Å². The molecule has 3 aromatic carbocycles. The molecule has 4 N–H and O–H groups in total. The number of benzene rings is 3. The minimum Gasteiger partial charge on any atom is -0.494 e. The summed E-state index contributed by atoms with van der Waals surface area (Å²) in [7, 11) is 2.17. The van der Waals surface area contributed by atoms with Crippen LogP contribution >= 0.6 is 0 Å². The average Bonchev–Trinajstić information content (AvgIpc) is 3.79. The quantitative estimate of drug-likeness (QED) is 0.0869. The lowest BCUT2D eigenvalue weighted by molar-refractivity contribution is -0.128. The van der Waals surface area contributed by atoms with Gasteiger partial charge in [0.1, 0.15) is 17.4 Å². The van der Waals surface area contributed by atoms with Crippen LogP contribution in [-0.2, 0) is 19.1 Å². The van der Waals surface area contributed by atoms with Gasteiger partial charge in [0.15, 0.2) is 0 Å². The number of aromatic amines is 2. The van der Waals surface area contributed by atoms with Gasteiger partial charge in [0.05, 0.1) is 55.1 Å². The van der Waals surface area contributed by atoms with Crippen molar-refractivity contribution >= 4 is 39.6 Å². The second kappa shape index (κ2) is 18.4. The van der Waals surface area contributed by atoms with Crippen LogP contribution in [0.1, 0.15) is 40.0 Å². The maximum absolute atomic E-state index is 12.2. The van der Waals surface area contributed by atoms with Crippen LogP contribution in [0.3, 0.4) is 0 Å². The number of hydrogen-bond donors (Lipinski definition) is 4. The molecule has 0 atom stereocenters. The molecule has 0 spiro atoms. The van der Waals surface area contributed by atoms with Gasteiger partial charge in [-0.15, -0.1) is 0 Å². The minimum atomic E-state index is -0.406. The Hall–Kier alpha value is -4.98. The third-order valence-electron chi connectivity index (χ3n) is 9.44. The van der Waals surface area contributed by atoms with Crippen LogP contribution in [0.4, 0.5) is 5.69 Å². The molecule has 5 aromatic rings. The molecule has 1 aliphatic heterocycles. The summed E-state index contributed by atoms with van der Waals surface area (Å²) < 4.78 is 16.9. The molecule has 1 fully saturated rings. The van der Waals surface area contributed by atoms with Crippen molar-refractivity contribution in [1.82, 2.24) is 35.5 Å². The summed E-state index contributed by atoms with van der Waals surface area (Å²) in [6, 6.07) is 20.5. The smallest absolute Gasteiger partial charge is 0.225 e. The van der Waals surface area contributed by atoms with E-state index in [2.05, 4.69) is 67.8 Å². The van der Waals surface area contributed by atoms with Crippen LogP contribution in [0, 0.1) is 5.41 Å². The van der Waals surface area contributed by atoms with Gasteiger partial charge in [-0.1, -0.05) is 20.8 Å². The molecule has 2 aromatic heterocycles. The van der Waals surface area contributed by atoms with E-state index in [0.717, 1.165) is 89.6 Å². The number of ether oxygens (including phenoxy) is 3. The zero-order valence-corrected chi connectivity index (χ0v) is 32.0. The number of nitrogens with zero attached hydrogens (tertiary/aromatic N) is 4. The van der Waals surface area contributed by atoms with Crippen LogP contribution < -0.4 is 20.3 Å². The number of amides is 2. The van der Waals surface area contributed by atoms with Crippen molar-refractivity contribution in [2.75, 3.05) is 84.3 Å². The summed E-state index contributed by atoms with van der Waals surface area (Å²) in [5.74, 6) is 2.40. The molecule has 0 radical (unpaired) electrons. The maximum Gasteiger partial charge on any atom is 0.225 e. The Morgan fingerprint density at radius 3 is 2.02 bits per heavy atom. The predicted octanol–water partition coefficient (Wildman–Crippen LogP) is 5.39. The minimum absolute atomic E-state index is 0.000330. The molecule has 54 heavy (non-hydrogen) atoms. The first-order valence-electron chi connectivity index (χ1n) is 19.0. The molecule has 0 saturated carbocycles. The first-order valence-corrected chi connectivity index (χ1v) is 19.0. The fraction of sp³-hybridized carbons (Fsp3) is 0.463. The number of nitrogens with one attached hydrogen (secondary N) is 4. The van der Waals surface area contributed by atoms with E-state index in [1.54, 1.807) is 0 Å². The van der Waals surface area contributed by atoms with E-state index in [9.17, 15) is 9.59 Å². The van der Waals surface area contributed by atoms with Gasteiger partial charge < -0.3 is 44.6 Å². The molecule has 0 unspecified atom stereocenters. The van der Waals surface area contributed by atoms with Gasteiger partial charge in [-0.25, -0.2) is 9.97 Å². The third-order valence-corrected chi connectivity index (χ3v) is 9.44. The van der Waals surface area contributed by atoms with Crippen molar-refractivity contribution < 1.29 is 23.8 Å². The number of piperazine rings is 1. The molecular formula is C41H54N8O5. The second-order valence-electron chi connectivity index (χ2n) is 14.8. The zero-order chi connectivity index (χ0) is 37.9. The third kappa shape index (κ3) is 10.8. The number of hydrogen-bond acceptors (Lipinski definition) is 9. The van der Waals surface area contributed by atoms with Gasteiger partial charge in [0, 0.05) is 67.9 Å². The molecule has 0 bridgehead atoms. The number of anilines is 1. The first kappa shape index (κ1) is 38.7. The number of rotatable bonds is 18. The van der Waals surface area contributed by atoms with Gasteiger partial charge in [0.2, 0.25) is 11.8 Å². The van der Waals surface area contributed by atoms with Gasteiger partial charge in [-0.3, -0.25) is 9.59 Å². The summed E-state index contributed by atoms with van der Waals surface area (Å²) in [6.07, 6.45) is 1.94. The van der Waals surface area contributed by atoms with Crippen LogP contribution in [0.5, 0.6) is 5.75 Å². The Morgan fingerprint density at radius 2 is 1.33 bits per heavy atom. The fourth-order valence-electron chi connectivity index (χ4n) is 6.15. The van der Waals surface area contributed by atoms with E-state index >= 15 is 0 Å². The predicted molar refractivity (Wildman–Crippen MR) is 213 cm³/mol. The standard InChI is InChI=1S/C41H54N8O5/c1-41(2,3)40(51)43-17-24-53-26-25-52-23-16-42-37(50)7-5-6-22-54-32-12-8-29(9-13-32)38-44-33-14-10-30(27-35(33)46-38)39-45-34-15-11-31(28-36(34)47-39)49-20-18-48(4)19-21-49/h8-15,27-28H,5-7,16-26H2,1-4H3,(H,42,50)(H,43,51)(H,44,46)(H,45,47). The van der Waals surface area contributed by atoms with Crippen molar-refractivity contribution in [2.24, 2.45) is 5.41 Å². The Kier molecular flexibility index (Phi) is 13.2. The topological polar surface area (TPSA) is 150 Å². The van der Waals surface area contributed by atoms with Gasteiger partial charge in [0.25, 0.3) is 0 Å². The maximum atomic E-state index is 12.2. The van der Waals surface area contributed by atoms with Gasteiger partial charge in [-0.05, 0) is 80.6 Å². The number of unbranched alkanes of at least 4 members (excludes halogenated alkanes) is 1. The van der Waals surface area contributed by atoms with Gasteiger partial charge >= 0.3 is 0 Å². The number of aromatic nitrogens is 4. The van der Waals surface area contributed by atoms with Crippen LogP contribution in [0.2, 0.25) is 0 Å². The summed E-state index contributed by atoms with van der Waals surface area (Å²) in [5, 5.41) is 5.72. The normalized spacial score (nSPS) is 13.8. The Balaban J connectivity index is 0.871. The van der Waals surface area contributed by atoms with Crippen LogP contribution in [-0.4, -0.2) is 116 Å². The number of carbonyl (C=O) groups is 2. The molecule has 3 heterocycles. The molecular weight excluding hydrogens is 685 g/mol. The molecule has 13 heteroatoms. The number of H-pyrrole nitrogens is 2. The van der Waals surface area contributed by atoms with Crippen molar-refractivity contribution in [2.45, 2.75) is 40.0 Å². The highest BCUT2D eigenvalue weighted by Gasteiger charge is 2.20. The van der Waals surface area contributed by atoms with Gasteiger partial charge in [-0.2, -0.15) is 0 Å². The molecule has 1 aliphatic rings. The Bertz CT molecular complexity index is 1980.